The van der Waals surface area contributed by atoms with E-state index in [4.69, 9.17) is 0 Å². The third kappa shape index (κ3) is 3.73. The standard InChI is InChI=1S/C16H25N3O2/c1-3-7-14-9-4-5-11-18(14)12-13-8-6-10-15(19(20)21)16(13)17-2/h6,8,10,14,17H,3-5,7,9,11-12H2,1-2H3. The van der Waals surface area contributed by atoms with Crippen molar-refractivity contribution in [3.05, 3.63) is 33.9 Å². The summed E-state index contributed by atoms with van der Waals surface area (Å²) in [6, 6.07) is 5.96. The third-order valence-corrected chi connectivity index (χ3v) is 4.32. The first-order valence-corrected chi connectivity index (χ1v) is 7.85. The molecule has 5 heteroatoms. The number of likely N-dealkylation sites (tertiary alicyclic amines) is 1. The first-order chi connectivity index (χ1) is 10.2. The molecule has 1 aliphatic rings. The van der Waals surface area contributed by atoms with E-state index < -0.39 is 0 Å². The molecule has 21 heavy (non-hydrogen) atoms. The Morgan fingerprint density at radius 3 is 2.90 bits per heavy atom. The monoisotopic (exact) mass is 291 g/mol. The lowest BCUT2D eigenvalue weighted by Crippen LogP contribution is -2.38. The third-order valence-electron chi connectivity index (χ3n) is 4.32. The molecule has 0 bridgehead atoms. The smallest absolute Gasteiger partial charge is 0.292 e. The van der Waals surface area contributed by atoms with Crippen molar-refractivity contribution in [1.29, 1.82) is 0 Å². The van der Waals surface area contributed by atoms with Gasteiger partial charge in [-0.3, -0.25) is 15.0 Å². The first kappa shape index (κ1) is 15.8. The van der Waals surface area contributed by atoms with Crippen LogP contribution in [0, 0.1) is 10.1 Å². The second-order valence-corrected chi connectivity index (χ2v) is 5.73. The van der Waals surface area contributed by atoms with Crippen LogP contribution in [0.1, 0.15) is 44.6 Å². The molecule has 116 valence electrons. The number of anilines is 1. The van der Waals surface area contributed by atoms with Gasteiger partial charge < -0.3 is 5.32 Å². The van der Waals surface area contributed by atoms with Gasteiger partial charge in [0.15, 0.2) is 0 Å². The average Bonchev–Trinajstić information content (AvgIpc) is 2.49. The van der Waals surface area contributed by atoms with Gasteiger partial charge in [0.25, 0.3) is 5.69 Å². The van der Waals surface area contributed by atoms with Crippen molar-refractivity contribution in [2.45, 2.75) is 51.6 Å². The zero-order chi connectivity index (χ0) is 15.2. The van der Waals surface area contributed by atoms with Crippen molar-refractivity contribution in [3.63, 3.8) is 0 Å². The summed E-state index contributed by atoms with van der Waals surface area (Å²) >= 11 is 0. The molecule has 0 saturated carbocycles. The number of rotatable bonds is 6. The molecular formula is C16H25N3O2. The number of nitrogens with zero attached hydrogens (tertiary/aromatic N) is 2. The lowest BCUT2D eigenvalue weighted by atomic mass is 9.97. The number of nitro benzene ring substituents is 1. The Hall–Kier alpha value is -1.62. The van der Waals surface area contributed by atoms with Crippen LogP contribution in [0.4, 0.5) is 11.4 Å². The minimum atomic E-state index is -0.310. The summed E-state index contributed by atoms with van der Waals surface area (Å²) in [6.45, 7) is 4.11. The Morgan fingerprint density at radius 1 is 1.43 bits per heavy atom. The van der Waals surface area contributed by atoms with E-state index in [9.17, 15) is 10.1 Å². The molecule has 0 aliphatic carbocycles. The van der Waals surface area contributed by atoms with E-state index in [1.807, 2.05) is 6.07 Å². The summed E-state index contributed by atoms with van der Waals surface area (Å²) in [5.41, 5.74) is 1.84. The number of nitro groups is 1. The zero-order valence-corrected chi connectivity index (χ0v) is 13.0. The lowest BCUT2D eigenvalue weighted by Gasteiger charge is -2.36. The van der Waals surface area contributed by atoms with E-state index in [1.165, 1.54) is 32.1 Å². The summed E-state index contributed by atoms with van der Waals surface area (Å²) < 4.78 is 0. The first-order valence-electron chi connectivity index (χ1n) is 7.85. The molecule has 5 nitrogen and oxygen atoms in total. The summed E-state index contributed by atoms with van der Waals surface area (Å²) in [5.74, 6) is 0. The fraction of sp³-hybridized carbons (Fsp3) is 0.625. The summed E-state index contributed by atoms with van der Waals surface area (Å²) in [6.07, 6.45) is 6.18. The van der Waals surface area contributed by atoms with E-state index in [1.54, 1.807) is 19.2 Å². The van der Waals surface area contributed by atoms with Gasteiger partial charge in [-0.05, 0) is 31.4 Å². The Bertz CT molecular complexity index is 488. The van der Waals surface area contributed by atoms with Crippen molar-refractivity contribution < 1.29 is 4.92 Å². The topological polar surface area (TPSA) is 58.4 Å². The summed E-state index contributed by atoms with van der Waals surface area (Å²) in [4.78, 5) is 13.3. The number of para-hydroxylation sites is 1. The van der Waals surface area contributed by atoms with Crippen molar-refractivity contribution in [3.8, 4) is 0 Å². The largest absolute Gasteiger partial charge is 0.382 e. The van der Waals surface area contributed by atoms with Crippen LogP contribution < -0.4 is 5.32 Å². The molecule has 1 N–H and O–H groups in total. The molecule has 1 unspecified atom stereocenters. The van der Waals surface area contributed by atoms with Crippen LogP contribution in [0.2, 0.25) is 0 Å². The number of piperidine rings is 1. The SMILES string of the molecule is CCCC1CCCCN1Cc1cccc([N+](=O)[O-])c1NC. The molecule has 2 rings (SSSR count). The Balaban J connectivity index is 2.21. The van der Waals surface area contributed by atoms with Crippen LogP contribution in [0.25, 0.3) is 0 Å². The highest BCUT2D eigenvalue weighted by Crippen LogP contribution is 2.31. The zero-order valence-electron chi connectivity index (χ0n) is 13.0. The van der Waals surface area contributed by atoms with E-state index >= 15 is 0 Å². The van der Waals surface area contributed by atoms with Gasteiger partial charge in [-0.25, -0.2) is 0 Å². The lowest BCUT2D eigenvalue weighted by molar-refractivity contribution is -0.384. The molecule has 1 fully saturated rings. The maximum Gasteiger partial charge on any atom is 0.292 e. The molecule has 0 radical (unpaired) electrons. The average molecular weight is 291 g/mol. The van der Waals surface area contributed by atoms with Gasteiger partial charge in [0.1, 0.15) is 5.69 Å². The Labute approximate surface area is 126 Å². The number of hydrogen-bond donors (Lipinski definition) is 1. The van der Waals surface area contributed by atoms with Crippen molar-refractivity contribution in [2.75, 3.05) is 18.9 Å². The molecule has 0 amide bonds. The van der Waals surface area contributed by atoms with Crippen LogP contribution >= 0.6 is 0 Å². The van der Waals surface area contributed by atoms with Gasteiger partial charge in [-0.2, -0.15) is 0 Å². The Morgan fingerprint density at radius 2 is 2.24 bits per heavy atom. The fourth-order valence-electron chi connectivity index (χ4n) is 3.31. The fourth-order valence-corrected chi connectivity index (χ4v) is 3.31. The Kier molecular flexibility index (Phi) is 5.56. The van der Waals surface area contributed by atoms with Gasteiger partial charge >= 0.3 is 0 Å². The normalized spacial score (nSPS) is 19.4. The van der Waals surface area contributed by atoms with E-state index in [-0.39, 0.29) is 10.6 Å². The maximum atomic E-state index is 11.1. The highest BCUT2D eigenvalue weighted by atomic mass is 16.6. The highest BCUT2D eigenvalue weighted by molar-refractivity contribution is 5.66. The maximum absolute atomic E-state index is 11.1. The molecule has 1 aromatic carbocycles. The summed E-state index contributed by atoms with van der Waals surface area (Å²) in [5, 5.41) is 14.2. The van der Waals surface area contributed by atoms with Gasteiger partial charge in [-0.1, -0.05) is 31.9 Å². The van der Waals surface area contributed by atoms with E-state index in [0.29, 0.717) is 11.7 Å². The van der Waals surface area contributed by atoms with E-state index in [2.05, 4.69) is 17.1 Å². The predicted octanol–water partition coefficient (Wildman–Crippen LogP) is 3.79. The van der Waals surface area contributed by atoms with Crippen LogP contribution in [-0.4, -0.2) is 29.5 Å². The number of benzene rings is 1. The number of nitrogens with one attached hydrogen (secondary N) is 1. The molecule has 1 heterocycles. The second kappa shape index (κ2) is 7.41. The molecular weight excluding hydrogens is 266 g/mol. The molecule has 0 spiro atoms. The van der Waals surface area contributed by atoms with Crippen LogP contribution in [0.3, 0.4) is 0 Å². The predicted molar refractivity (Wildman–Crippen MR) is 85.6 cm³/mol. The van der Waals surface area contributed by atoms with Crippen molar-refractivity contribution in [1.82, 2.24) is 4.90 Å². The molecule has 1 aliphatic heterocycles. The van der Waals surface area contributed by atoms with Gasteiger partial charge in [0.2, 0.25) is 0 Å². The van der Waals surface area contributed by atoms with Crippen molar-refractivity contribution in [2.24, 2.45) is 0 Å². The van der Waals surface area contributed by atoms with Gasteiger partial charge in [0, 0.05) is 25.7 Å². The van der Waals surface area contributed by atoms with Gasteiger partial charge in [-0.15, -0.1) is 0 Å². The molecule has 1 saturated heterocycles. The van der Waals surface area contributed by atoms with Gasteiger partial charge in [0.05, 0.1) is 4.92 Å². The van der Waals surface area contributed by atoms with Crippen LogP contribution in [-0.2, 0) is 6.54 Å². The number of hydrogen-bond acceptors (Lipinski definition) is 4. The van der Waals surface area contributed by atoms with Crippen LogP contribution in [0.5, 0.6) is 0 Å². The molecule has 1 atom stereocenters. The second-order valence-electron chi connectivity index (χ2n) is 5.73. The van der Waals surface area contributed by atoms with Crippen molar-refractivity contribution >= 4 is 11.4 Å². The highest BCUT2D eigenvalue weighted by Gasteiger charge is 2.24. The summed E-state index contributed by atoms with van der Waals surface area (Å²) in [7, 11) is 1.76. The quantitative estimate of drug-likeness (QED) is 0.640. The van der Waals surface area contributed by atoms with E-state index in [0.717, 1.165) is 18.7 Å². The van der Waals surface area contributed by atoms with Crippen LogP contribution in [0.15, 0.2) is 18.2 Å². The molecule has 1 aromatic rings. The minimum absolute atomic E-state index is 0.166. The minimum Gasteiger partial charge on any atom is -0.382 e. The molecule has 0 aromatic heterocycles.